The van der Waals surface area contributed by atoms with Crippen LogP contribution < -0.4 is 11.1 Å². The lowest BCUT2D eigenvalue weighted by molar-refractivity contribution is -0.131. The van der Waals surface area contributed by atoms with E-state index in [-0.39, 0.29) is 11.8 Å². The van der Waals surface area contributed by atoms with Gasteiger partial charge in [0.25, 0.3) is 5.91 Å². The molecule has 1 unspecified atom stereocenters. The number of hydrogen-bond donors (Lipinski definition) is 2. The summed E-state index contributed by atoms with van der Waals surface area (Å²) >= 11 is 0. The maximum atomic E-state index is 12.1. The summed E-state index contributed by atoms with van der Waals surface area (Å²) in [6.07, 6.45) is 0. The van der Waals surface area contributed by atoms with Crippen molar-refractivity contribution in [3.8, 4) is 0 Å². The summed E-state index contributed by atoms with van der Waals surface area (Å²) in [5.41, 5.74) is 7.53. The molecular weight excluding hydrogens is 242 g/mol. The van der Waals surface area contributed by atoms with Crippen molar-refractivity contribution >= 4 is 17.5 Å². The highest BCUT2D eigenvalue weighted by Gasteiger charge is 2.20. The molecule has 0 radical (unpaired) electrons. The third-order valence-corrected chi connectivity index (χ3v) is 3.07. The van der Waals surface area contributed by atoms with E-state index in [2.05, 4.69) is 5.32 Å². The van der Waals surface area contributed by atoms with Crippen LogP contribution in [0.15, 0.2) is 18.2 Å². The number of nitrogens with zero attached hydrogens (tertiary/aromatic N) is 1. The first-order valence-corrected chi connectivity index (χ1v) is 6.28. The number of nitrogens with two attached hydrogens (primary N) is 1. The van der Waals surface area contributed by atoms with Crippen LogP contribution in [0.25, 0.3) is 0 Å². The summed E-state index contributed by atoms with van der Waals surface area (Å²) in [7, 11) is 1.71. The number of nitrogen functional groups attached to an aromatic ring is 1. The Morgan fingerprint density at radius 3 is 2.63 bits per heavy atom. The molecule has 0 heterocycles. The van der Waals surface area contributed by atoms with E-state index in [1.165, 1.54) is 0 Å². The Morgan fingerprint density at radius 2 is 2.05 bits per heavy atom. The topological polar surface area (TPSA) is 75.4 Å². The molecule has 1 aromatic carbocycles. The van der Waals surface area contributed by atoms with Gasteiger partial charge in [-0.25, -0.2) is 0 Å². The highest BCUT2D eigenvalue weighted by molar-refractivity contribution is 5.99. The van der Waals surface area contributed by atoms with Crippen molar-refractivity contribution in [2.45, 2.75) is 26.8 Å². The average molecular weight is 263 g/mol. The van der Waals surface area contributed by atoms with E-state index in [1.54, 1.807) is 37.1 Å². The van der Waals surface area contributed by atoms with Gasteiger partial charge in [-0.05, 0) is 38.5 Å². The third-order valence-electron chi connectivity index (χ3n) is 3.07. The average Bonchev–Trinajstić information content (AvgIpc) is 2.39. The molecular formula is C14H21N3O2. The molecule has 0 saturated carbocycles. The SMILES string of the molecule is CCN(C)C(=O)C(C)NC(=O)c1cc(N)ccc1C. The maximum Gasteiger partial charge on any atom is 0.252 e. The molecule has 0 aliphatic rings. The molecule has 0 saturated heterocycles. The zero-order valence-corrected chi connectivity index (χ0v) is 11.9. The molecule has 1 atom stereocenters. The smallest absolute Gasteiger partial charge is 0.252 e. The van der Waals surface area contributed by atoms with Gasteiger partial charge in [0.15, 0.2) is 0 Å². The van der Waals surface area contributed by atoms with Crippen molar-refractivity contribution in [2.24, 2.45) is 0 Å². The first-order valence-electron chi connectivity index (χ1n) is 6.28. The van der Waals surface area contributed by atoms with E-state index in [1.807, 2.05) is 13.8 Å². The number of likely N-dealkylation sites (N-methyl/N-ethyl adjacent to an activating group) is 1. The predicted molar refractivity (Wildman–Crippen MR) is 75.8 cm³/mol. The van der Waals surface area contributed by atoms with E-state index >= 15 is 0 Å². The molecule has 2 amide bonds. The summed E-state index contributed by atoms with van der Waals surface area (Å²) in [5, 5.41) is 2.69. The minimum atomic E-state index is -0.557. The standard InChI is InChI=1S/C14H21N3O2/c1-5-17(4)14(19)10(3)16-13(18)12-8-11(15)7-6-9(12)2/h6-8,10H,5,15H2,1-4H3,(H,16,18). The molecule has 0 fully saturated rings. The Morgan fingerprint density at radius 1 is 1.42 bits per heavy atom. The molecule has 0 aromatic heterocycles. The highest BCUT2D eigenvalue weighted by Crippen LogP contribution is 2.12. The molecule has 5 heteroatoms. The number of carbonyl (C=O) groups is 2. The van der Waals surface area contributed by atoms with Crippen LogP contribution >= 0.6 is 0 Å². The van der Waals surface area contributed by atoms with Gasteiger partial charge in [0.1, 0.15) is 6.04 Å². The third kappa shape index (κ3) is 3.71. The second kappa shape index (κ2) is 6.22. The monoisotopic (exact) mass is 263 g/mol. The summed E-state index contributed by atoms with van der Waals surface area (Å²) < 4.78 is 0. The van der Waals surface area contributed by atoms with Gasteiger partial charge < -0.3 is 16.0 Å². The summed E-state index contributed by atoms with van der Waals surface area (Å²) in [5.74, 6) is -0.396. The second-order valence-electron chi connectivity index (χ2n) is 4.62. The number of carbonyl (C=O) groups excluding carboxylic acids is 2. The number of anilines is 1. The first kappa shape index (κ1) is 15.0. The van der Waals surface area contributed by atoms with Crippen LogP contribution in [-0.2, 0) is 4.79 Å². The number of nitrogens with one attached hydrogen (secondary N) is 1. The Kier molecular flexibility index (Phi) is 4.92. The summed E-state index contributed by atoms with van der Waals surface area (Å²) in [4.78, 5) is 25.6. The van der Waals surface area contributed by atoms with Gasteiger partial charge in [-0.2, -0.15) is 0 Å². The maximum absolute atomic E-state index is 12.1. The van der Waals surface area contributed by atoms with Crippen LogP contribution in [0.3, 0.4) is 0 Å². The van der Waals surface area contributed by atoms with Crippen molar-refractivity contribution in [3.05, 3.63) is 29.3 Å². The Labute approximate surface area is 113 Å². The fourth-order valence-corrected chi connectivity index (χ4v) is 1.71. The van der Waals surface area contributed by atoms with Crippen LogP contribution in [0.1, 0.15) is 29.8 Å². The van der Waals surface area contributed by atoms with Gasteiger partial charge >= 0.3 is 0 Å². The lowest BCUT2D eigenvalue weighted by atomic mass is 10.1. The number of benzene rings is 1. The van der Waals surface area contributed by atoms with Gasteiger partial charge in [-0.1, -0.05) is 6.07 Å². The fraction of sp³-hybridized carbons (Fsp3) is 0.429. The molecule has 1 rings (SSSR count). The van der Waals surface area contributed by atoms with Crippen LogP contribution in [0.5, 0.6) is 0 Å². The van der Waals surface area contributed by atoms with Gasteiger partial charge in [0.05, 0.1) is 0 Å². The summed E-state index contributed by atoms with van der Waals surface area (Å²) in [6, 6.07) is 4.59. The lowest BCUT2D eigenvalue weighted by Gasteiger charge is -2.21. The van der Waals surface area contributed by atoms with E-state index in [0.29, 0.717) is 17.8 Å². The molecule has 104 valence electrons. The van der Waals surface area contributed by atoms with Gasteiger partial charge in [0.2, 0.25) is 5.91 Å². The zero-order chi connectivity index (χ0) is 14.6. The molecule has 0 spiro atoms. The van der Waals surface area contributed by atoms with Crippen molar-refractivity contribution in [1.29, 1.82) is 0 Å². The largest absolute Gasteiger partial charge is 0.399 e. The Bertz CT molecular complexity index is 486. The van der Waals surface area contributed by atoms with Crippen LogP contribution in [0.2, 0.25) is 0 Å². The Balaban J connectivity index is 2.80. The number of aryl methyl sites for hydroxylation is 1. The lowest BCUT2D eigenvalue weighted by Crippen LogP contribution is -2.45. The van der Waals surface area contributed by atoms with Crippen LogP contribution in [0.4, 0.5) is 5.69 Å². The molecule has 0 bridgehead atoms. The van der Waals surface area contributed by atoms with Gasteiger partial charge in [-0.15, -0.1) is 0 Å². The van der Waals surface area contributed by atoms with Crippen molar-refractivity contribution in [2.75, 3.05) is 19.3 Å². The van der Waals surface area contributed by atoms with Gasteiger partial charge in [0, 0.05) is 24.8 Å². The van der Waals surface area contributed by atoms with Crippen LogP contribution in [-0.4, -0.2) is 36.3 Å². The van der Waals surface area contributed by atoms with E-state index in [4.69, 9.17) is 5.73 Å². The fourth-order valence-electron chi connectivity index (χ4n) is 1.71. The predicted octanol–water partition coefficient (Wildman–Crippen LogP) is 1.17. The quantitative estimate of drug-likeness (QED) is 0.801. The van der Waals surface area contributed by atoms with Crippen LogP contribution in [0, 0.1) is 6.92 Å². The minimum absolute atomic E-state index is 0.114. The van der Waals surface area contributed by atoms with E-state index in [0.717, 1.165) is 5.56 Å². The summed E-state index contributed by atoms with van der Waals surface area (Å²) in [6.45, 7) is 6.00. The number of hydrogen-bond acceptors (Lipinski definition) is 3. The molecule has 1 aromatic rings. The van der Waals surface area contributed by atoms with E-state index < -0.39 is 6.04 Å². The Hall–Kier alpha value is -2.04. The minimum Gasteiger partial charge on any atom is -0.399 e. The highest BCUT2D eigenvalue weighted by atomic mass is 16.2. The van der Waals surface area contributed by atoms with Crippen molar-refractivity contribution < 1.29 is 9.59 Å². The number of amides is 2. The van der Waals surface area contributed by atoms with E-state index in [9.17, 15) is 9.59 Å². The molecule has 0 aliphatic heterocycles. The van der Waals surface area contributed by atoms with Crippen molar-refractivity contribution in [3.63, 3.8) is 0 Å². The van der Waals surface area contributed by atoms with Gasteiger partial charge in [-0.3, -0.25) is 9.59 Å². The normalized spacial score (nSPS) is 11.8. The van der Waals surface area contributed by atoms with Crippen molar-refractivity contribution in [1.82, 2.24) is 10.2 Å². The molecule has 19 heavy (non-hydrogen) atoms. The first-order chi connectivity index (χ1) is 8.86. The molecule has 3 N–H and O–H groups in total. The second-order valence-corrected chi connectivity index (χ2v) is 4.62. The zero-order valence-electron chi connectivity index (χ0n) is 11.9. The number of rotatable bonds is 4. The molecule has 0 aliphatic carbocycles. The molecule has 5 nitrogen and oxygen atoms in total.